The number of nitrogens with zero attached hydrogens (tertiary/aromatic N) is 4. The number of aryl methyl sites for hydroxylation is 1. The summed E-state index contributed by atoms with van der Waals surface area (Å²) in [6, 6.07) is 25.7. The van der Waals surface area contributed by atoms with Crippen molar-refractivity contribution >= 4 is 17.9 Å². The number of hydrogen-bond acceptors (Lipinski definition) is 4. The van der Waals surface area contributed by atoms with Crippen LogP contribution in [0.5, 0.6) is 0 Å². The molecule has 1 saturated heterocycles. The van der Waals surface area contributed by atoms with Crippen molar-refractivity contribution in [2.24, 2.45) is 0 Å². The SMILES string of the molecule is CCCCCc1ccc(CN(C(=O)C=Cc2ccc(C(F)(F)F)cc2)[C@@H](Cc2ccccc2)C(=O)N2CCN(Cc3cccnc3)CC2)cc1. The van der Waals surface area contributed by atoms with Crippen LogP contribution in [0.15, 0.2) is 109 Å². The number of carbonyl (C=O) groups excluding carboxylic acids is 2. The number of hydrogen-bond donors (Lipinski definition) is 0. The lowest BCUT2D eigenvalue weighted by Gasteiger charge is -2.39. The molecule has 1 aromatic heterocycles. The van der Waals surface area contributed by atoms with Crippen LogP contribution in [0.4, 0.5) is 13.2 Å². The smallest absolute Gasteiger partial charge is 0.338 e. The normalized spacial score (nSPS) is 14.5. The van der Waals surface area contributed by atoms with Crippen LogP contribution in [-0.2, 0) is 41.7 Å². The molecule has 0 spiro atoms. The minimum atomic E-state index is -4.45. The zero-order valence-electron chi connectivity index (χ0n) is 28.6. The first-order valence-corrected chi connectivity index (χ1v) is 17.4. The Labute approximate surface area is 293 Å². The fourth-order valence-electron chi connectivity index (χ4n) is 6.23. The van der Waals surface area contributed by atoms with E-state index in [9.17, 15) is 22.8 Å². The van der Waals surface area contributed by atoms with Crippen molar-refractivity contribution in [3.63, 3.8) is 0 Å². The summed E-state index contributed by atoms with van der Waals surface area (Å²) in [5.74, 6) is -0.510. The Kier molecular flexibility index (Phi) is 13.0. The van der Waals surface area contributed by atoms with E-state index >= 15 is 0 Å². The average Bonchev–Trinajstić information content (AvgIpc) is 3.13. The lowest BCUT2D eigenvalue weighted by molar-refractivity contribution is -0.145. The van der Waals surface area contributed by atoms with E-state index in [1.165, 1.54) is 29.8 Å². The summed E-state index contributed by atoms with van der Waals surface area (Å²) in [5.41, 5.74) is 3.86. The van der Waals surface area contributed by atoms with E-state index in [0.29, 0.717) is 38.2 Å². The van der Waals surface area contributed by atoms with Crippen LogP contribution in [0, 0.1) is 0 Å². The number of alkyl halides is 3. The second-order valence-electron chi connectivity index (χ2n) is 12.9. The van der Waals surface area contributed by atoms with Crippen LogP contribution < -0.4 is 0 Å². The van der Waals surface area contributed by atoms with Gasteiger partial charge in [-0.05, 0) is 64.9 Å². The molecular formula is C41H45F3N4O2. The zero-order chi connectivity index (χ0) is 35.3. The van der Waals surface area contributed by atoms with Gasteiger partial charge in [0.05, 0.1) is 5.56 Å². The number of unbranched alkanes of at least 4 members (excludes halogenated alkanes) is 2. The minimum absolute atomic E-state index is 0.123. The van der Waals surface area contributed by atoms with Gasteiger partial charge in [-0.1, -0.05) is 92.6 Å². The highest BCUT2D eigenvalue weighted by atomic mass is 19.4. The molecule has 1 aliphatic heterocycles. The molecule has 0 unspecified atom stereocenters. The van der Waals surface area contributed by atoms with E-state index in [4.69, 9.17) is 0 Å². The van der Waals surface area contributed by atoms with Crippen LogP contribution in [0.1, 0.15) is 59.6 Å². The number of aromatic nitrogens is 1. The molecule has 50 heavy (non-hydrogen) atoms. The van der Waals surface area contributed by atoms with E-state index in [0.717, 1.165) is 61.1 Å². The summed E-state index contributed by atoms with van der Waals surface area (Å²) in [6.45, 7) is 5.57. The van der Waals surface area contributed by atoms with Gasteiger partial charge in [0, 0.05) is 64.2 Å². The molecule has 262 valence electrons. The lowest BCUT2D eigenvalue weighted by atomic mass is 10.0. The molecule has 9 heteroatoms. The van der Waals surface area contributed by atoms with Gasteiger partial charge in [0.1, 0.15) is 6.04 Å². The Morgan fingerprint density at radius 1 is 0.820 bits per heavy atom. The van der Waals surface area contributed by atoms with Gasteiger partial charge in [0.25, 0.3) is 0 Å². The number of benzene rings is 3. The van der Waals surface area contributed by atoms with Crippen LogP contribution in [0.2, 0.25) is 0 Å². The van der Waals surface area contributed by atoms with Crippen LogP contribution in [0.3, 0.4) is 0 Å². The van der Waals surface area contributed by atoms with Crippen molar-refractivity contribution in [1.82, 2.24) is 19.7 Å². The minimum Gasteiger partial charge on any atom is -0.338 e. The first kappa shape index (κ1) is 36.5. The molecule has 0 radical (unpaired) electrons. The van der Waals surface area contributed by atoms with Crippen LogP contribution in [-0.4, -0.2) is 63.7 Å². The topological polar surface area (TPSA) is 56.8 Å². The molecule has 2 heterocycles. The molecule has 6 nitrogen and oxygen atoms in total. The van der Waals surface area contributed by atoms with Gasteiger partial charge in [0.2, 0.25) is 11.8 Å². The molecule has 1 atom stereocenters. The van der Waals surface area contributed by atoms with Crippen molar-refractivity contribution in [3.05, 3.63) is 143 Å². The molecule has 2 amide bonds. The third kappa shape index (κ3) is 10.6. The molecule has 0 bridgehead atoms. The van der Waals surface area contributed by atoms with Crippen molar-refractivity contribution in [1.29, 1.82) is 0 Å². The maximum absolute atomic E-state index is 14.5. The lowest BCUT2D eigenvalue weighted by Crippen LogP contribution is -2.56. The maximum atomic E-state index is 14.5. The summed E-state index contributed by atoms with van der Waals surface area (Å²) in [5, 5.41) is 0. The van der Waals surface area contributed by atoms with Crippen molar-refractivity contribution < 1.29 is 22.8 Å². The fraction of sp³-hybridized carbons (Fsp3) is 0.341. The van der Waals surface area contributed by atoms with Gasteiger partial charge >= 0.3 is 6.18 Å². The second-order valence-corrected chi connectivity index (χ2v) is 12.9. The largest absolute Gasteiger partial charge is 0.416 e. The third-order valence-electron chi connectivity index (χ3n) is 9.13. The van der Waals surface area contributed by atoms with E-state index in [1.54, 1.807) is 11.1 Å². The Balaban J connectivity index is 1.40. The van der Waals surface area contributed by atoms with Crippen molar-refractivity contribution in [2.75, 3.05) is 26.2 Å². The van der Waals surface area contributed by atoms with Gasteiger partial charge in [-0.2, -0.15) is 13.2 Å². The molecule has 1 aliphatic rings. The van der Waals surface area contributed by atoms with E-state index in [1.807, 2.05) is 65.7 Å². The predicted molar refractivity (Wildman–Crippen MR) is 191 cm³/mol. The number of carbonyl (C=O) groups is 2. The monoisotopic (exact) mass is 682 g/mol. The van der Waals surface area contributed by atoms with Gasteiger partial charge in [0.15, 0.2) is 0 Å². The highest BCUT2D eigenvalue weighted by Crippen LogP contribution is 2.29. The van der Waals surface area contributed by atoms with Crippen molar-refractivity contribution in [3.8, 4) is 0 Å². The summed E-state index contributed by atoms with van der Waals surface area (Å²) >= 11 is 0. The number of rotatable bonds is 14. The Bertz CT molecular complexity index is 1670. The van der Waals surface area contributed by atoms with Gasteiger partial charge in [-0.25, -0.2) is 0 Å². The summed E-state index contributed by atoms with van der Waals surface area (Å²) in [6.07, 6.45) is 6.74. The average molecular weight is 683 g/mol. The summed E-state index contributed by atoms with van der Waals surface area (Å²) in [7, 11) is 0. The molecule has 5 rings (SSSR count). The maximum Gasteiger partial charge on any atom is 0.416 e. The Morgan fingerprint density at radius 3 is 2.14 bits per heavy atom. The van der Waals surface area contributed by atoms with Crippen molar-refractivity contribution in [2.45, 2.75) is 64.3 Å². The van der Waals surface area contributed by atoms with Gasteiger partial charge in [-0.3, -0.25) is 19.5 Å². The first-order valence-electron chi connectivity index (χ1n) is 17.4. The molecule has 0 N–H and O–H groups in total. The van der Waals surface area contributed by atoms with E-state index < -0.39 is 17.8 Å². The summed E-state index contributed by atoms with van der Waals surface area (Å²) < 4.78 is 39.4. The molecule has 3 aromatic carbocycles. The van der Waals surface area contributed by atoms with Crippen LogP contribution in [0.25, 0.3) is 6.08 Å². The van der Waals surface area contributed by atoms with Crippen LogP contribution >= 0.6 is 0 Å². The number of pyridine rings is 1. The third-order valence-corrected chi connectivity index (χ3v) is 9.13. The molecule has 0 saturated carbocycles. The number of amides is 2. The molecule has 1 fully saturated rings. The fourth-order valence-corrected chi connectivity index (χ4v) is 6.23. The van der Waals surface area contributed by atoms with E-state index in [-0.39, 0.29) is 18.4 Å². The standard InChI is InChI=1S/C41H45F3N4O2/c1-2-3-5-9-32-13-15-35(16-14-32)31-48(39(49)22-19-33-17-20-37(21-18-33)41(42,43)44)38(28-34-10-6-4-7-11-34)40(50)47-26-24-46(25-27-47)30-36-12-8-23-45-29-36/h4,6-8,10-23,29,38H,2-3,5,9,24-28,30-31H2,1H3/t38-/m0/s1. The first-order chi connectivity index (χ1) is 24.2. The van der Waals surface area contributed by atoms with Gasteiger partial charge in [-0.15, -0.1) is 0 Å². The Morgan fingerprint density at radius 2 is 1.50 bits per heavy atom. The molecule has 0 aliphatic carbocycles. The number of halogens is 3. The van der Waals surface area contributed by atoms with Gasteiger partial charge < -0.3 is 9.80 Å². The quantitative estimate of drug-likeness (QED) is 0.101. The summed E-state index contributed by atoms with van der Waals surface area (Å²) in [4.78, 5) is 38.6. The predicted octanol–water partition coefficient (Wildman–Crippen LogP) is 7.83. The van der Waals surface area contributed by atoms with E-state index in [2.05, 4.69) is 28.9 Å². The highest BCUT2D eigenvalue weighted by molar-refractivity contribution is 5.95. The second kappa shape index (κ2) is 17.8. The molecular weight excluding hydrogens is 637 g/mol. The number of piperazine rings is 1. The molecule has 4 aromatic rings. The Hall–Kier alpha value is -4.76. The zero-order valence-corrected chi connectivity index (χ0v) is 28.6. The highest BCUT2D eigenvalue weighted by Gasteiger charge is 2.34.